The van der Waals surface area contributed by atoms with Gasteiger partial charge in [0.2, 0.25) is 0 Å². The van der Waals surface area contributed by atoms with Crippen molar-refractivity contribution in [2.45, 2.75) is 51.4 Å². The predicted octanol–water partition coefficient (Wildman–Crippen LogP) is 4.94. The molecule has 0 N–H and O–H groups in total. The summed E-state index contributed by atoms with van der Waals surface area (Å²) in [5, 5.41) is 0. The van der Waals surface area contributed by atoms with E-state index in [1.807, 2.05) is 0 Å². The molecule has 1 aliphatic carbocycles. The van der Waals surface area contributed by atoms with Crippen LogP contribution in [0.2, 0.25) is 0 Å². The summed E-state index contributed by atoms with van der Waals surface area (Å²) >= 11 is 6.40. The number of halogens is 1. The highest BCUT2D eigenvalue weighted by Crippen LogP contribution is 2.45. The molecule has 0 amide bonds. The highest BCUT2D eigenvalue weighted by atomic mass is 35.5. The lowest BCUT2D eigenvalue weighted by molar-refractivity contribution is 0.260. The van der Waals surface area contributed by atoms with Gasteiger partial charge in [-0.2, -0.15) is 0 Å². The standard InChI is InChI=1S/C16H23Cl/c1-3-7-13(2)16(12-17)11-6-9-14-8-4-5-10-15(14)16/h4-5,8,10,13H,3,6-7,9,11-12H2,1-2H3. The zero-order valence-corrected chi connectivity index (χ0v) is 11.8. The first-order valence-corrected chi connectivity index (χ1v) is 7.42. The van der Waals surface area contributed by atoms with Gasteiger partial charge in [-0.25, -0.2) is 0 Å². The van der Waals surface area contributed by atoms with Crippen LogP contribution >= 0.6 is 11.6 Å². The summed E-state index contributed by atoms with van der Waals surface area (Å²) in [6.07, 6.45) is 6.31. The molecular formula is C16H23Cl. The second-order valence-corrected chi connectivity index (χ2v) is 5.76. The van der Waals surface area contributed by atoms with Crippen LogP contribution in [0, 0.1) is 5.92 Å². The van der Waals surface area contributed by atoms with Gasteiger partial charge in [-0.05, 0) is 36.3 Å². The molecule has 1 aromatic carbocycles. The third-order valence-electron chi connectivity index (χ3n) is 4.53. The van der Waals surface area contributed by atoms with Gasteiger partial charge in [0, 0.05) is 11.3 Å². The van der Waals surface area contributed by atoms with Crippen molar-refractivity contribution in [3.63, 3.8) is 0 Å². The molecule has 1 heteroatoms. The van der Waals surface area contributed by atoms with Crippen LogP contribution < -0.4 is 0 Å². The fraction of sp³-hybridized carbons (Fsp3) is 0.625. The Kier molecular flexibility index (Phi) is 4.14. The summed E-state index contributed by atoms with van der Waals surface area (Å²) in [6.45, 7) is 4.65. The van der Waals surface area contributed by atoms with Crippen molar-refractivity contribution in [1.29, 1.82) is 0 Å². The summed E-state index contributed by atoms with van der Waals surface area (Å²) in [7, 11) is 0. The molecule has 0 aromatic heterocycles. The molecule has 2 rings (SSSR count). The van der Waals surface area contributed by atoms with Crippen LogP contribution in [0.1, 0.15) is 50.7 Å². The van der Waals surface area contributed by atoms with Gasteiger partial charge >= 0.3 is 0 Å². The Hall–Kier alpha value is -0.490. The second kappa shape index (κ2) is 5.44. The van der Waals surface area contributed by atoms with E-state index in [0.29, 0.717) is 5.92 Å². The fourth-order valence-corrected chi connectivity index (χ4v) is 3.99. The van der Waals surface area contributed by atoms with Crippen molar-refractivity contribution < 1.29 is 0 Å². The monoisotopic (exact) mass is 250 g/mol. The normalized spacial score (nSPS) is 25.4. The molecule has 2 unspecified atom stereocenters. The number of rotatable bonds is 4. The lowest BCUT2D eigenvalue weighted by atomic mass is 9.63. The quantitative estimate of drug-likeness (QED) is 0.665. The Balaban J connectivity index is 2.41. The number of fused-ring (bicyclic) bond motifs is 1. The molecule has 1 aliphatic rings. The molecule has 94 valence electrons. The largest absolute Gasteiger partial charge is 0.126 e. The third-order valence-corrected chi connectivity index (χ3v) is 5.00. The summed E-state index contributed by atoms with van der Waals surface area (Å²) in [6, 6.07) is 8.93. The Morgan fingerprint density at radius 3 is 2.82 bits per heavy atom. The van der Waals surface area contributed by atoms with Crippen LogP contribution in [-0.2, 0) is 11.8 Å². The molecule has 17 heavy (non-hydrogen) atoms. The average molecular weight is 251 g/mol. The van der Waals surface area contributed by atoms with Crippen LogP contribution in [-0.4, -0.2) is 5.88 Å². The summed E-state index contributed by atoms with van der Waals surface area (Å²) < 4.78 is 0. The minimum absolute atomic E-state index is 0.229. The molecule has 0 aliphatic heterocycles. The van der Waals surface area contributed by atoms with Crippen molar-refractivity contribution in [3.8, 4) is 0 Å². The molecular weight excluding hydrogens is 228 g/mol. The maximum atomic E-state index is 6.40. The minimum Gasteiger partial charge on any atom is -0.126 e. The lowest BCUT2D eigenvalue weighted by Gasteiger charge is -2.42. The zero-order valence-electron chi connectivity index (χ0n) is 11.0. The Morgan fingerprint density at radius 2 is 2.12 bits per heavy atom. The predicted molar refractivity (Wildman–Crippen MR) is 75.9 cm³/mol. The maximum absolute atomic E-state index is 6.40. The van der Waals surface area contributed by atoms with E-state index in [1.165, 1.54) is 43.2 Å². The van der Waals surface area contributed by atoms with Gasteiger partial charge in [0.1, 0.15) is 0 Å². The number of hydrogen-bond donors (Lipinski definition) is 0. The van der Waals surface area contributed by atoms with Crippen LogP contribution in [0.15, 0.2) is 24.3 Å². The number of hydrogen-bond acceptors (Lipinski definition) is 0. The van der Waals surface area contributed by atoms with Crippen molar-refractivity contribution in [1.82, 2.24) is 0 Å². The Labute approximate surface area is 110 Å². The Bertz CT molecular complexity index is 372. The first-order chi connectivity index (χ1) is 8.24. The SMILES string of the molecule is CCCC(C)C1(CCl)CCCc2ccccc21. The van der Waals surface area contributed by atoms with Crippen molar-refractivity contribution >= 4 is 11.6 Å². The van der Waals surface area contributed by atoms with E-state index in [1.54, 1.807) is 0 Å². The molecule has 0 saturated heterocycles. The zero-order chi connectivity index (χ0) is 12.3. The van der Waals surface area contributed by atoms with E-state index in [0.717, 1.165) is 5.88 Å². The van der Waals surface area contributed by atoms with E-state index >= 15 is 0 Å². The molecule has 0 saturated carbocycles. The first kappa shape index (κ1) is 13.0. The topological polar surface area (TPSA) is 0 Å². The molecule has 0 spiro atoms. The van der Waals surface area contributed by atoms with Gasteiger partial charge in [-0.3, -0.25) is 0 Å². The smallest absolute Gasteiger partial charge is 0.0323 e. The van der Waals surface area contributed by atoms with Crippen LogP contribution in [0.4, 0.5) is 0 Å². The van der Waals surface area contributed by atoms with Gasteiger partial charge in [-0.1, -0.05) is 51.0 Å². The van der Waals surface area contributed by atoms with Crippen molar-refractivity contribution in [2.24, 2.45) is 5.92 Å². The fourth-order valence-electron chi connectivity index (χ4n) is 3.44. The molecule has 0 radical (unpaired) electrons. The van der Waals surface area contributed by atoms with E-state index in [2.05, 4.69) is 38.1 Å². The summed E-state index contributed by atoms with van der Waals surface area (Å²) in [4.78, 5) is 0. The molecule has 2 atom stereocenters. The van der Waals surface area contributed by atoms with E-state index < -0.39 is 0 Å². The highest BCUT2D eigenvalue weighted by Gasteiger charge is 2.39. The first-order valence-electron chi connectivity index (χ1n) is 6.89. The summed E-state index contributed by atoms with van der Waals surface area (Å²) in [5.41, 5.74) is 3.29. The van der Waals surface area contributed by atoms with Crippen molar-refractivity contribution in [3.05, 3.63) is 35.4 Å². The van der Waals surface area contributed by atoms with Gasteiger partial charge in [0.05, 0.1) is 0 Å². The third kappa shape index (κ3) is 2.25. The number of alkyl halides is 1. The molecule has 0 bridgehead atoms. The number of benzene rings is 1. The van der Waals surface area contributed by atoms with Crippen LogP contribution in [0.25, 0.3) is 0 Å². The number of aryl methyl sites for hydroxylation is 1. The summed E-state index contributed by atoms with van der Waals surface area (Å²) in [5.74, 6) is 1.46. The van der Waals surface area contributed by atoms with Gasteiger partial charge < -0.3 is 0 Å². The molecule has 0 heterocycles. The van der Waals surface area contributed by atoms with E-state index in [4.69, 9.17) is 11.6 Å². The van der Waals surface area contributed by atoms with E-state index in [-0.39, 0.29) is 5.41 Å². The second-order valence-electron chi connectivity index (χ2n) is 5.49. The maximum Gasteiger partial charge on any atom is 0.0323 e. The molecule has 0 fully saturated rings. The van der Waals surface area contributed by atoms with Crippen LogP contribution in [0.3, 0.4) is 0 Å². The molecule has 1 aromatic rings. The van der Waals surface area contributed by atoms with Gasteiger partial charge in [0.15, 0.2) is 0 Å². The van der Waals surface area contributed by atoms with Gasteiger partial charge in [-0.15, -0.1) is 11.6 Å². The van der Waals surface area contributed by atoms with E-state index in [9.17, 15) is 0 Å². The molecule has 0 nitrogen and oxygen atoms in total. The van der Waals surface area contributed by atoms with Crippen LogP contribution in [0.5, 0.6) is 0 Å². The lowest BCUT2D eigenvalue weighted by Crippen LogP contribution is -2.39. The van der Waals surface area contributed by atoms with Crippen molar-refractivity contribution in [2.75, 3.05) is 5.88 Å². The minimum atomic E-state index is 0.229. The highest BCUT2D eigenvalue weighted by molar-refractivity contribution is 6.18. The van der Waals surface area contributed by atoms with Gasteiger partial charge in [0.25, 0.3) is 0 Å². The average Bonchev–Trinajstić information content (AvgIpc) is 2.38. The Morgan fingerprint density at radius 1 is 1.35 bits per heavy atom.